The van der Waals surface area contributed by atoms with Gasteiger partial charge < -0.3 is 25.2 Å². The van der Waals surface area contributed by atoms with E-state index in [-0.39, 0.29) is 19.1 Å². The molecule has 0 radical (unpaired) electrons. The number of carbonyl (C=O) groups is 1. The van der Waals surface area contributed by atoms with Crippen LogP contribution in [0.25, 0.3) is 0 Å². The van der Waals surface area contributed by atoms with Crippen molar-refractivity contribution in [2.75, 3.05) is 45.3 Å². The summed E-state index contributed by atoms with van der Waals surface area (Å²) in [7, 11) is 1.57. The SMILES string of the molecule is COc1ccccc1NC(=O)CNCCCOCCO. The summed E-state index contributed by atoms with van der Waals surface area (Å²) in [4.78, 5) is 11.7. The molecule has 112 valence electrons. The Hall–Kier alpha value is -1.63. The molecule has 0 aliphatic carbocycles. The predicted molar refractivity (Wildman–Crippen MR) is 77.0 cm³/mol. The lowest BCUT2D eigenvalue weighted by Gasteiger charge is -2.10. The molecule has 0 bridgehead atoms. The van der Waals surface area contributed by atoms with Crippen molar-refractivity contribution in [2.24, 2.45) is 0 Å². The largest absolute Gasteiger partial charge is 0.495 e. The Morgan fingerprint density at radius 1 is 1.30 bits per heavy atom. The van der Waals surface area contributed by atoms with E-state index in [0.29, 0.717) is 31.2 Å². The van der Waals surface area contributed by atoms with Gasteiger partial charge in [-0.2, -0.15) is 0 Å². The molecule has 0 saturated carbocycles. The average molecular weight is 282 g/mol. The molecule has 0 heterocycles. The molecule has 0 fully saturated rings. The maximum atomic E-state index is 11.7. The Kier molecular flexibility index (Phi) is 8.37. The summed E-state index contributed by atoms with van der Waals surface area (Å²) in [6, 6.07) is 7.27. The smallest absolute Gasteiger partial charge is 0.238 e. The van der Waals surface area contributed by atoms with Gasteiger partial charge in [-0.3, -0.25) is 4.79 Å². The van der Waals surface area contributed by atoms with Crippen molar-refractivity contribution < 1.29 is 19.4 Å². The number of nitrogens with one attached hydrogen (secondary N) is 2. The van der Waals surface area contributed by atoms with Gasteiger partial charge in [-0.1, -0.05) is 12.1 Å². The van der Waals surface area contributed by atoms with E-state index in [4.69, 9.17) is 14.6 Å². The summed E-state index contributed by atoms with van der Waals surface area (Å²) < 4.78 is 10.3. The van der Waals surface area contributed by atoms with Crippen LogP contribution in [-0.2, 0) is 9.53 Å². The quantitative estimate of drug-likeness (QED) is 0.548. The number of methoxy groups -OCH3 is 1. The third kappa shape index (κ3) is 6.51. The lowest BCUT2D eigenvalue weighted by Crippen LogP contribution is -2.29. The van der Waals surface area contributed by atoms with Gasteiger partial charge in [-0.15, -0.1) is 0 Å². The number of para-hydroxylation sites is 2. The molecule has 0 aromatic heterocycles. The van der Waals surface area contributed by atoms with Crippen molar-refractivity contribution in [3.05, 3.63) is 24.3 Å². The lowest BCUT2D eigenvalue weighted by atomic mass is 10.3. The first kappa shape index (κ1) is 16.4. The third-order valence-corrected chi connectivity index (χ3v) is 2.54. The maximum Gasteiger partial charge on any atom is 0.238 e. The normalized spacial score (nSPS) is 10.3. The van der Waals surface area contributed by atoms with Crippen LogP contribution < -0.4 is 15.4 Å². The standard InChI is InChI=1S/C14H22N2O4/c1-19-13-6-3-2-5-12(13)16-14(18)11-15-7-4-9-20-10-8-17/h2-3,5-6,15,17H,4,7-11H2,1H3,(H,16,18). The van der Waals surface area contributed by atoms with Gasteiger partial charge in [-0.25, -0.2) is 0 Å². The van der Waals surface area contributed by atoms with Crippen LogP contribution >= 0.6 is 0 Å². The molecule has 1 aromatic carbocycles. The van der Waals surface area contributed by atoms with E-state index in [0.717, 1.165) is 6.42 Å². The van der Waals surface area contributed by atoms with Gasteiger partial charge in [0.1, 0.15) is 5.75 Å². The van der Waals surface area contributed by atoms with Crippen molar-refractivity contribution >= 4 is 11.6 Å². The number of amides is 1. The highest BCUT2D eigenvalue weighted by Gasteiger charge is 2.05. The Labute approximate surface area is 119 Å². The molecule has 0 atom stereocenters. The van der Waals surface area contributed by atoms with Crippen molar-refractivity contribution in [3.8, 4) is 5.75 Å². The van der Waals surface area contributed by atoms with E-state index >= 15 is 0 Å². The fourth-order valence-corrected chi connectivity index (χ4v) is 1.61. The number of aliphatic hydroxyl groups is 1. The molecule has 0 unspecified atom stereocenters. The topological polar surface area (TPSA) is 79.8 Å². The van der Waals surface area contributed by atoms with Crippen molar-refractivity contribution in [1.29, 1.82) is 0 Å². The van der Waals surface area contributed by atoms with Gasteiger partial charge in [0, 0.05) is 6.61 Å². The molecule has 0 aliphatic rings. The first-order valence-corrected chi connectivity index (χ1v) is 6.60. The number of anilines is 1. The Morgan fingerprint density at radius 3 is 2.85 bits per heavy atom. The van der Waals surface area contributed by atoms with Gasteiger partial charge >= 0.3 is 0 Å². The molecule has 6 heteroatoms. The van der Waals surface area contributed by atoms with Crippen molar-refractivity contribution in [2.45, 2.75) is 6.42 Å². The minimum Gasteiger partial charge on any atom is -0.495 e. The van der Waals surface area contributed by atoms with Gasteiger partial charge in [0.2, 0.25) is 5.91 Å². The highest BCUT2D eigenvalue weighted by molar-refractivity contribution is 5.93. The molecule has 1 aromatic rings. The maximum absolute atomic E-state index is 11.7. The Balaban J connectivity index is 2.17. The molecule has 20 heavy (non-hydrogen) atoms. The number of rotatable bonds is 10. The van der Waals surface area contributed by atoms with E-state index in [1.165, 1.54) is 0 Å². The minimum atomic E-state index is -0.120. The molecule has 0 aliphatic heterocycles. The molecule has 3 N–H and O–H groups in total. The summed E-state index contributed by atoms with van der Waals surface area (Å²) in [6.45, 7) is 1.88. The van der Waals surface area contributed by atoms with E-state index in [1.807, 2.05) is 12.1 Å². The second-order valence-electron chi connectivity index (χ2n) is 4.11. The second-order valence-corrected chi connectivity index (χ2v) is 4.11. The zero-order valence-corrected chi connectivity index (χ0v) is 11.7. The molecule has 1 rings (SSSR count). The van der Waals surface area contributed by atoms with Gasteiger partial charge in [0.25, 0.3) is 0 Å². The fraction of sp³-hybridized carbons (Fsp3) is 0.500. The van der Waals surface area contributed by atoms with Crippen LogP contribution in [-0.4, -0.2) is 51.0 Å². The zero-order valence-electron chi connectivity index (χ0n) is 11.7. The molecule has 1 amide bonds. The molecule has 6 nitrogen and oxygen atoms in total. The van der Waals surface area contributed by atoms with E-state index in [1.54, 1.807) is 19.2 Å². The number of ether oxygens (including phenoxy) is 2. The monoisotopic (exact) mass is 282 g/mol. The Morgan fingerprint density at radius 2 is 2.10 bits per heavy atom. The van der Waals surface area contributed by atoms with E-state index in [2.05, 4.69) is 10.6 Å². The van der Waals surface area contributed by atoms with Crippen LogP contribution in [0.4, 0.5) is 5.69 Å². The third-order valence-electron chi connectivity index (χ3n) is 2.54. The molecular formula is C14H22N2O4. The first-order valence-electron chi connectivity index (χ1n) is 6.60. The van der Waals surface area contributed by atoms with Crippen molar-refractivity contribution in [3.63, 3.8) is 0 Å². The minimum absolute atomic E-state index is 0.0365. The summed E-state index contributed by atoms with van der Waals surface area (Å²) in [6.07, 6.45) is 0.794. The number of hydrogen-bond acceptors (Lipinski definition) is 5. The lowest BCUT2D eigenvalue weighted by molar-refractivity contribution is -0.115. The highest BCUT2D eigenvalue weighted by atomic mass is 16.5. The van der Waals surface area contributed by atoms with Gasteiger partial charge in [0.05, 0.1) is 32.6 Å². The van der Waals surface area contributed by atoms with Crippen LogP contribution in [0, 0.1) is 0 Å². The number of benzene rings is 1. The zero-order chi connectivity index (χ0) is 14.6. The number of hydrogen-bond donors (Lipinski definition) is 3. The first-order chi connectivity index (χ1) is 9.77. The van der Waals surface area contributed by atoms with Crippen LogP contribution in [0.2, 0.25) is 0 Å². The summed E-state index contributed by atoms with van der Waals surface area (Å²) in [5.74, 6) is 0.518. The number of carbonyl (C=O) groups excluding carboxylic acids is 1. The summed E-state index contributed by atoms with van der Waals surface area (Å²) >= 11 is 0. The Bertz CT molecular complexity index is 399. The number of aliphatic hydroxyl groups excluding tert-OH is 1. The summed E-state index contributed by atoms with van der Waals surface area (Å²) in [5, 5.41) is 14.3. The predicted octanol–water partition coefficient (Wildman–Crippen LogP) is 0.622. The fourth-order valence-electron chi connectivity index (χ4n) is 1.61. The van der Waals surface area contributed by atoms with Gasteiger partial charge in [-0.05, 0) is 25.1 Å². The van der Waals surface area contributed by atoms with E-state index in [9.17, 15) is 4.79 Å². The van der Waals surface area contributed by atoms with Crippen LogP contribution in [0.5, 0.6) is 5.75 Å². The van der Waals surface area contributed by atoms with Crippen LogP contribution in [0.15, 0.2) is 24.3 Å². The van der Waals surface area contributed by atoms with E-state index < -0.39 is 0 Å². The second kappa shape index (κ2) is 10.2. The average Bonchev–Trinajstić information content (AvgIpc) is 2.47. The summed E-state index contributed by atoms with van der Waals surface area (Å²) in [5.41, 5.74) is 0.660. The molecule has 0 saturated heterocycles. The highest BCUT2D eigenvalue weighted by Crippen LogP contribution is 2.22. The van der Waals surface area contributed by atoms with Crippen LogP contribution in [0.3, 0.4) is 0 Å². The molecular weight excluding hydrogens is 260 g/mol. The van der Waals surface area contributed by atoms with Crippen molar-refractivity contribution in [1.82, 2.24) is 5.32 Å². The molecule has 0 spiro atoms. The van der Waals surface area contributed by atoms with Crippen LogP contribution in [0.1, 0.15) is 6.42 Å². The van der Waals surface area contributed by atoms with Gasteiger partial charge in [0.15, 0.2) is 0 Å².